The second kappa shape index (κ2) is 5.76. The molecule has 14 heavy (non-hydrogen) atoms. The second-order valence-corrected chi connectivity index (χ2v) is 2.92. The number of carbonyl (C=O) groups is 1. The molecule has 0 atom stereocenters. The summed E-state index contributed by atoms with van der Waals surface area (Å²) >= 11 is 0. The van der Waals surface area contributed by atoms with Gasteiger partial charge in [0, 0.05) is 6.42 Å². The summed E-state index contributed by atoms with van der Waals surface area (Å²) in [6.45, 7) is 0.0909. The molecule has 0 radical (unpaired) electrons. The van der Waals surface area contributed by atoms with Crippen molar-refractivity contribution in [3.8, 4) is 6.07 Å². The average molecular weight is 188 g/mol. The molecule has 1 aromatic rings. The van der Waals surface area contributed by atoms with Crippen molar-refractivity contribution < 1.29 is 4.79 Å². The molecule has 0 aliphatic rings. The van der Waals surface area contributed by atoms with E-state index >= 15 is 0 Å². The predicted molar refractivity (Wildman–Crippen MR) is 53.4 cm³/mol. The molecule has 0 bridgehead atoms. The van der Waals surface area contributed by atoms with Gasteiger partial charge in [-0.2, -0.15) is 5.26 Å². The van der Waals surface area contributed by atoms with E-state index in [1.165, 1.54) is 0 Å². The van der Waals surface area contributed by atoms with E-state index in [-0.39, 0.29) is 12.5 Å². The summed E-state index contributed by atoms with van der Waals surface area (Å²) in [7, 11) is 0. The topological polar surface area (TPSA) is 52.9 Å². The van der Waals surface area contributed by atoms with Crippen LogP contribution in [0, 0.1) is 11.3 Å². The van der Waals surface area contributed by atoms with E-state index in [1.54, 1.807) is 0 Å². The molecule has 0 saturated heterocycles. The highest BCUT2D eigenvalue weighted by Gasteiger charge is 2.00. The molecule has 0 spiro atoms. The van der Waals surface area contributed by atoms with Crippen LogP contribution < -0.4 is 5.32 Å². The summed E-state index contributed by atoms with van der Waals surface area (Å²) < 4.78 is 0. The summed E-state index contributed by atoms with van der Waals surface area (Å²) in [4.78, 5) is 11.1. The number of hydrogen-bond donors (Lipinski definition) is 1. The molecule has 0 aromatic heterocycles. The molecule has 0 fully saturated rings. The quantitative estimate of drug-likeness (QED) is 0.723. The monoisotopic (exact) mass is 188 g/mol. The van der Waals surface area contributed by atoms with Gasteiger partial charge in [0.1, 0.15) is 6.54 Å². The summed E-state index contributed by atoms with van der Waals surface area (Å²) in [6, 6.07) is 11.7. The molecule has 0 aliphatic heterocycles. The van der Waals surface area contributed by atoms with E-state index in [2.05, 4.69) is 5.32 Å². The van der Waals surface area contributed by atoms with Crippen LogP contribution in [0.3, 0.4) is 0 Å². The Hall–Kier alpha value is -1.82. The first kappa shape index (κ1) is 10.3. The SMILES string of the molecule is N#CCNC(=O)CCc1ccccc1. The molecule has 0 unspecified atom stereocenters. The summed E-state index contributed by atoms with van der Waals surface area (Å²) in [5.74, 6) is -0.0737. The van der Waals surface area contributed by atoms with Crippen LogP contribution in [-0.2, 0) is 11.2 Å². The Kier molecular flexibility index (Phi) is 4.22. The van der Waals surface area contributed by atoms with E-state index in [9.17, 15) is 4.79 Å². The van der Waals surface area contributed by atoms with Crippen molar-refractivity contribution in [3.05, 3.63) is 35.9 Å². The van der Waals surface area contributed by atoms with Crippen LogP contribution >= 0.6 is 0 Å². The maximum Gasteiger partial charge on any atom is 0.221 e. The second-order valence-electron chi connectivity index (χ2n) is 2.92. The average Bonchev–Trinajstić information content (AvgIpc) is 2.25. The first-order chi connectivity index (χ1) is 6.83. The lowest BCUT2D eigenvalue weighted by molar-refractivity contribution is -0.120. The van der Waals surface area contributed by atoms with Crippen molar-refractivity contribution in [2.24, 2.45) is 0 Å². The van der Waals surface area contributed by atoms with Gasteiger partial charge in [-0.3, -0.25) is 4.79 Å². The number of amides is 1. The van der Waals surface area contributed by atoms with Crippen molar-refractivity contribution in [1.82, 2.24) is 5.32 Å². The third-order valence-corrected chi connectivity index (χ3v) is 1.85. The maximum absolute atomic E-state index is 11.1. The van der Waals surface area contributed by atoms with Gasteiger partial charge in [0.25, 0.3) is 0 Å². The first-order valence-corrected chi connectivity index (χ1v) is 4.50. The minimum absolute atomic E-state index is 0.0737. The van der Waals surface area contributed by atoms with E-state index in [0.717, 1.165) is 12.0 Å². The number of nitriles is 1. The maximum atomic E-state index is 11.1. The highest BCUT2D eigenvalue weighted by molar-refractivity contribution is 5.76. The van der Waals surface area contributed by atoms with Gasteiger partial charge in [-0.05, 0) is 12.0 Å². The van der Waals surface area contributed by atoms with E-state index in [1.807, 2.05) is 36.4 Å². The lowest BCUT2D eigenvalue weighted by atomic mass is 10.1. The van der Waals surface area contributed by atoms with Crippen LogP contribution in [-0.4, -0.2) is 12.5 Å². The number of aryl methyl sites for hydroxylation is 1. The van der Waals surface area contributed by atoms with E-state index in [0.29, 0.717) is 6.42 Å². The van der Waals surface area contributed by atoms with Gasteiger partial charge in [-0.25, -0.2) is 0 Å². The molecule has 72 valence electrons. The van der Waals surface area contributed by atoms with E-state index in [4.69, 9.17) is 5.26 Å². The van der Waals surface area contributed by atoms with Crippen molar-refractivity contribution in [3.63, 3.8) is 0 Å². The van der Waals surface area contributed by atoms with Crippen molar-refractivity contribution >= 4 is 5.91 Å². The van der Waals surface area contributed by atoms with Crippen molar-refractivity contribution in [1.29, 1.82) is 5.26 Å². The van der Waals surface area contributed by atoms with Gasteiger partial charge in [0.2, 0.25) is 5.91 Å². The standard InChI is InChI=1S/C11H12N2O/c12-8-9-13-11(14)7-6-10-4-2-1-3-5-10/h1-5H,6-7,9H2,(H,13,14). The number of carbonyl (C=O) groups excluding carboxylic acids is 1. The van der Waals surface area contributed by atoms with Crippen LogP contribution in [0.2, 0.25) is 0 Å². The normalized spacial score (nSPS) is 9.07. The summed E-state index contributed by atoms with van der Waals surface area (Å²) in [5.41, 5.74) is 1.14. The molecular weight excluding hydrogens is 176 g/mol. The third kappa shape index (κ3) is 3.72. The van der Waals surface area contributed by atoms with Crippen LogP contribution in [0.1, 0.15) is 12.0 Å². The number of nitrogens with zero attached hydrogens (tertiary/aromatic N) is 1. The minimum atomic E-state index is -0.0737. The zero-order valence-electron chi connectivity index (χ0n) is 7.86. The lowest BCUT2D eigenvalue weighted by Gasteiger charge is -2.00. The zero-order chi connectivity index (χ0) is 10.2. The summed E-state index contributed by atoms with van der Waals surface area (Å²) in [5, 5.41) is 10.7. The Morgan fingerprint density at radius 3 is 2.71 bits per heavy atom. The number of rotatable bonds is 4. The van der Waals surface area contributed by atoms with Crippen LogP contribution in [0.25, 0.3) is 0 Å². The van der Waals surface area contributed by atoms with Gasteiger partial charge >= 0.3 is 0 Å². The Morgan fingerprint density at radius 1 is 1.36 bits per heavy atom. The van der Waals surface area contributed by atoms with Crippen molar-refractivity contribution in [2.45, 2.75) is 12.8 Å². The Morgan fingerprint density at radius 2 is 2.07 bits per heavy atom. The molecule has 0 saturated carbocycles. The molecule has 3 nitrogen and oxygen atoms in total. The molecule has 3 heteroatoms. The highest BCUT2D eigenvalue weighted by Crippen LogP contribution is 2.01. The fraction of sp³-hybridized carbons (Fsp3) is 0.273. The van der Waals surface area contributed by atoms with Gasteiger partial charge in [0.05, 0.1) is 6.07 Å². The largest absolute Gasteiger partial charge is 0.343 e. The number of nitrogens with one attached hydrogen (secondary N) is 1. The fourth-order valence-corrected chi connectivity index (χ4v) is 1.13. The Labute approximate surface area is 83.4 Å². The molecule has 1 rings (SSSR count). The van der Waals surface area contributed by atoms with Crippen LogP contribution in [0.15, 0.2) is 30.3 Å². The minimum Gasteiger partial charge on any atom is -0.343 e. The smallest absolute Gasteiger partial charge is 0.221 e. The molecule has 0 heterocycles. The Bertz CT molecular complexity index is 327. The van der Waals surface area contributed by atoms with Gasteiger partial charge < -0.3 is 5.32 Å². The Balaban J connectivity index is 2.28. The number of benzene rings is 1. The lowest BCUT2D eigenvalue weighted by Crippen LogP contribution is -2.23. The number of hydrogen-bond acceptors (Lipinski definition) is 2. The van der Waals surface area contributed by atoms with Crippen molar-refractivity contribution in [2.75, 3.05) is 6.54 Å². The highest BCUT2D eigenvalue weighted by atomic mass is 16.1. The van der Waals surface area contributed by atoms with E-state index < -0.39 is 0 Å². The zero-order valence-corrected chi connectivity index (χ0v) is 7.86. The molecule has 1 aromatic carbocycles. The van der Waals surface area contributed by atoms with Gasteiger partial charge in [-0.15, -0.1) is 0 Å². The fourth-order valence-electron chi connectivity index (χ4n) is 1.13. The predicted octanol–water partition coefficient (Wildman–Crippen LogP) is 1.26. The first-order valence-electron chi connectivity index (χ1n) is 4.50. The molecular formula is C11H12N2O. The third-order valence-electron chi connectivity index (χ3n) is 1.85. The summed E-state index contributed by atoms with van der Waals surface area (Å²) in [6.07, 6.45) is 1.16. The van der Waals surface area contributed by atoms with Gasteiger partial charge in [0.15, 0.2) is 0 Å². The molecule has 1 amide bonds. The van der Waals surface area contributed by atoms with Gasteiger partial charge in [-0.1, -0.05) is 30.3 Å². The molecule has 0 aliphatic carbocycles. The van der Waals surface area contributed by atoms with Crippen LogP contribution in [0.5, 0.6) is 0 Å². The molecule has 1 N–H and O–H groups in total. The van der Waals surface area contributed by atoms with Crippen LogP contribution in [0.4, 0.5) is 0 Å².